The van der Waals surface area contributed by atoms with Gasteiger partial charge in [-0.25, -0.2) is 9.79 Å². The lowest BCUT2D eigenvalue weighted by atomic mass is 10.2. The Balaban J connectivity index is 0.00000529. The lowest BCUT2D eigenvalue weighted by Gasteiger charge is -2.11. The van der Waals surface area contributed by atoms with Gasteiger partial charge in [0.15, 0.2) is 5.96 Å². The van der Waals surface area contributed by atoms with Gasteiger partial charge in [-0.2, -0.15) is 0 Å². The Morgan fingerprint density at radius 2 is 1.88 bits per heavy atom. The predicted molar refractivity (Wildman–Crippen MR) is 107 cm³/mol. The van der Waals surface area contributed by atoms with E-state index in [2.05, 4.69) is 25.7 Å². The van der Waals surface area contributed by atoms with Gasteiger partial charge in [-0.15, -0.1) is 24.0 Å². The maximum absolute atomic E-state index is 11.1. The number of carbonyl (C=O) groups excluding carboxylic acids is 1. The number of anilines is 1. The molecule has 1 amide bonds. The largest absolute Gasteiger partial charge is 0.453 e. The predicted octanol–water partition coefficient (Wildman–Crippen LogP) is 2.57. The van der Waals surface area contributed by atoms with Gasteiger partial charge in [-0.1, -0.05) is 12.1 Å². The molecule has 0 heterocycles. The number of carbonyl (C=O) groups is 1. The van der Waals surface area contributed by atoms with E-state index >= 15 is 0 Å². The van der Waals surface area contributed by atoms with E-state index in [1.54, 1.807) is 7.11 Å². The zero-order chi connectivity index (χ0) is 16.9. The van der Waals surface area contributed by atoms with Gasteiger partial charge in [0.05, 0.1) is 13.7 Å². The van der Waals surface area contributed by atoms with Gasteiger partial charge in [0, 0.05) is 32.5 Å². The molecule has 0 unspecified atom stereocenters. The van der Waals surface area contributed by atoms with E-state index in [0.717, 1.165) is 37.6 Å². The Hall–Kier alpha value is -1.55. The molecule has 7 nitrogen and oxygen atoms in total. The number of halogens is 1. The summed E-state index contributed by atoms with van der Waals surface area (Å²) in [5.41, 5.74) is 1.74. The molecule has 3 N–H and O–H groups in total. The van der Waals surface area contributed by atoms with Crippen molar-refractivity contribution in [3.05, 3.63) is 29.8 Å². The number of guanidine groups is 1. The second-order valence-corrected chi connectivity index (χ2v) is 4.78. The molecule has 0 aliphatic heterocycles. The third kappa shape index (κ3) is 9.56. The number of ether oxygens (including phenoxy) is 2. The normalized spacial score (nSPS) is 10.5. The zero-order valence-corrected chi connectivity index (χ0v) is 16.8. The van der Waals surface area contributed by atoms with Crippen LogP contribution in [-0.2, 0) is 16.0 Å². The number of rotatable bonds is 8. The lowest BCUT2D eigenvalue weighted by molar-refractivity contribution is 0.187. The molecule has 0 aliphatic rings. The topological polar surface area (TPSA) is 84.0 Å². The molecule has 1 rings (SSSR count). The first-order valence-electron chi connectivity index (χ1n) is 7.64. The Morgan fingerprint density at radius 3 is 2.46 bits per heavy atom. The molecule has 0 radical (unpaired) electrons. The van der Waals surface area contributed by atoms with Crippen molar-refractivity contribution in [2.75, 3.05) is 39.2 Å². The molecule has 0 aromatic heterocycles. The molecule has 0 atom stereocenters. The van der Waals surface area contributed by atoms with Crippen LogP contribution in [0.3, 0.4) is 0 Å². The first-order valence-corrected chi connectivity index (χ1v) is 7.64. The second kappa shape index (κ2) is 13.8. The molecule has 0 saturated carbocycles. The first-order chi connectivity index (χ1) is 11.2. The number of methoxy groups -OCH3 is 2. The number of nitrogens with zero attached hydrogens (tertiary/aromatic N) is 1. The molecular formula is C16H27IN4O3. The Bertz CT molecular complexity index is 495. The van der Waals surface area contributed by atoms with Crippen molar-refractivity contribution in [1.29, 1.82) is 0 Å². The fourth-order valence-electron chi connectivity index (χ4n) is 1.80. The molecular weight excluding hydrogens is 423 g/mol. The van der Waals surface area contributed by atoms with Gasteiger partial charge < -0.3 is 20.1 Å². The zero-order valence-electron chi connectivity index (χ0n) is 14.4. The smallest absolute Gasteiger partial charge is 0.411 e. The van der Waals surface area contributed by atoms with Crippen LogP contribution in [0.25, 0.3) is 0 Å². The first kappa shape index (κ1) is 22.4. The van der Waals surface area contributed by atoms with Crippen molar-refractivity contribution in [3.63, 3.8) is 0 Å². The number of hydrogen-bond donors (Lipinski definition) is 3. The fraction of sp³-hybridized carbons (Fsp3) is 0.500. The average Bonchev–Trinajstić information content (AvgIpc) is 2.57. The Morgan fingerprint density at radius 1 is 1.17 bits per heavy atom. The maximum Gasteiger partial charge on any atom is 0.411 e. The molecule has 0 spiro atoms. The SMILES string of the molecule is CCNC(=NCc1ccc(NC(=O)OC)cc1)NCCCOC.I. The van der Waals surface area contributed by atoms with Crippen LogP contribution in [0.1, 0.15) is 18.9 Å². The molecule has 1 aromatic carbocycles. The Kier molecular flexibility index (Phi) is 13.0. The summed E-state index contributed by atoms with van der Waals surface area (Å²) in [6, 6.07) is 7.48. The molecule has 136 valence electrons. The van der Waals surface area contributed by atoms with E-state index in [-0.39, 0.29) is 24.0 Å². The van der Waals surface area contributed by atoms with Crippen LogP contribution in [0.5, 0.6) is 0 Å². The molecule has 0 bridgehead atoms. The van der Waals surface area contributed by atoms with E-state index in [1.807, 2.05) is 31.2 Å². The maximum atomic E-state index is 11.1. The van der Waals surface area contributed by atoms with Crippen molar-refractivity contribution in [3.8, 4) is 0 Å². The minimum atomic E-state index is -0.481. The van der Waals surface area contributed by atoms with Crippen LogP contribution in [0, 0.1) is 0 Å². The summed E-state index contributed by atoms with van der Waals surface area (Å²) in [4.78, 5) is 15.6. The van der Waals surface area contributed by atoms with Crippen LogP contribution in [0.15, 0.2) is 29.3 Å². The van der Waals surface area contributed by atoms with E-state index in [1.165, 1.54) is 7.11 Å². The van der Waals surface area contributed by atoms with Crippen LogP contribution in [-0.4, -0.2) is 46.0 Å². The van der Waals surface area contributed by atoms with Crippen LogP contribution in [0.4, 0.5) is 10.5 Å². The minimum Gasteiger partial charge on any atom is -0.453 e. The molecule has 8 heteroatoms. The number of hydrogen-bond acceptors (Lipinski definition) is 4. The van der Waals surface area contributed by atoms with Gasteiger partial charge in [0.25, 0.3) is 0 Å². The minimum absolute atomic E-state index is 0. The highest BCUT2D eigenvalue weighted by Crippen LogP contribution is 2.10. The summed E-state index contributed by atoms with van der Waals surface area (Å²) in [5, 5.41) is 9.07. The van der Waals surface area contributed by atoms with Crippen molar-refractivity contribution in [2.45, 2.75) is 19.9 Å². The molecule has 0 fully saturated rings. The lowest BCUT2D eigenvalue weighted by Crippen LogP contribution is -2.38. The van der Waals surface area contributed by atoms with Crippen molar-refractivity contribution < 1.29 is 14.3 Å². The van der Waals surface area contributed by atoms with E-state index < -0.39 is 6.09 Å². The molecule has 24 heavy (non-hydrogen) atoms. The average molecular weight is 450 g/mol. The summed E-state index contributed by atoms with van der Waals surface area (Å²) in [6.45, 7) is 4.92. The van der Waals surface area contributed by atoms with E-state index in [9.17, 15) is 4.79 Å². The molecule has 1 aromatic rings. The highest BCUT2D eigenvalue weighted by molar-refractivity contribution is 14.0. The van der Waals surface area contributed by atoms with Gasteiger partial charge in [0.1, 0.15) is 0 Å². The summed E-state index contributed by atoms with van der Waals surface area (Å²) in [7, 11) is 3.03. The Labute approximate surface area is 160 Å². The van der Waals surface area contributed by atoms with Crippen LogP contribution in [0.2, 0.25) is 0 Å². The van der Waals surface area contributed by atoms with Gasteiger partial charge >= 0.3 is 6.09 Å². The van der Waals surface area contributed by atoms with Gasteiger partial charge in [-0.3, -0.25) is 5.32 Å². The van der Waals surface area contributed by atoms with Gasteiger partial charge in [-0.05, 0) is 31.0 Å². The number of amides is 1. The van der Waals surface area contributed by atoms with E-state index in [0.29, 0.717) is 12.2 Å². The van der Waals surface area contributed by atoms with Crippen LogP contribution >= 0.6 is 24.0 Å². The van der Waals surface area contributed by atoms with Crippen molar-refractivity contribution >= 4 is 41.7 Å². The molecule has 0 saturated heterocycles. The van der Waals surface area contributed by atoms with Gasteiger partial charge in [0.2, 0.25) is 0 Å². The van der Waals surface area contributed by atoms with Crippen molar-refractivity contribution in [2.24, 2.45) is 4.99 Å². The standard InChI is InChI=1S/C16H26N4O3.HI/c1-4-17-15(18-10-5-11-22-2)19-12-13-6-8-14(9-7-13)20-16(21)23-3;/h6-9H,4-5,10-12H2,1-3H3,(H,20,21)(H2,17,18,19);1H. The van der Waals surface area contributed by atoms with Crippen molar-refractivity contribution in [1.82, 2.24) is 10.6 Å². The summed E-state index contributed by atoms with van der Waals surface area (Å²) in [5.74, 6) is 0.778. The quantitative estimate of drug-likeness (QED) is 0.246. The summed E-state index contributed by atoms with van der Waals surface area (Å²) in [6.07, 6.45) is 0.444. The van der Waals surface area contributed by atoms with E-state index in [4.69, 9.17) is 4.74 Å². The highest BCUT2D eigenvalue weighted by atomic mass is 127. The number of aliphatic imine (C=N–C) groups is 1. The number of benzene rings is 1. The number of nitrogens with one attached hydrogen (secondary N) is 3. The fourth-order valence-corrected chi connectivity index (χ4v) is 1.80. The third-order valence-corrected chi connectivity index (χ3v) is 2.97. The second-order valence-electron chi connectivity index (χ2n) is 4.78. The summed E-state index contributed by atoms with van der Waals surface area (Å²) < 4.78 is 9.57. The van der Waals surface area contributed by atoms with Crippen LogP contribution < -0.4 is 16.0 Å². The third-order valence-electron chi connectivity index (χ3n) is 2.97. The monoisotopic (exact) mass is 450 g/mol. The summed E-state index contributed by atoms with van der Waals surface area (Å²) >= 11 is 0. The highest BCUT2D eigenvalue weighted by Gasteiger charge is 2.01. The molecule has 0 aliphatic carbocycles.